The second kappa shape index (κ2) is 6.45. The van der Waals surface area contributed by atoms with Gasteiger partial charge >= 0.3 is 0 Å². The van der Waals surface area contributed by atoms with E-state index < -0.39 is 5.82 Å². The first-order valence-electron chi connectivity index (χ1n) is 6.13. The summed E-state index contributed by atoms with van der Waals surface area (Å²) in [5.41, 5.74) is 6.85. The molecule has 0 unspecified atom stereocenters. The highest BCUT2D eigenvalue weighted by Gasteiger charge is 2.17. The molecule has 0 atom stereocenters. The van der Waals surface area contributed by atoms with Crippen molar-refractivity contribution in [3.8, 4) is 0 Å². The number of hydrogen-bond donors (Lipinski definition) is 1. The van der Waals surface area contributed by atoms with Gasteiger partial charge in [-0.05, 0) is 30.3 Å². The van der Waals surface area contributed by atoms with Gasteiger partial charge in [-0.1, -0.05) is 33.6 Å². The Balaban J connectivity index is 2.24. The molecule has 2 N–H and O–H groups in total. The number of rotatable bonds is 3. The van der Waals surface area contributed by atoms with Crippen molar-refractivity contribution < 1.29 is 9.18 Å². The molecule has 3 nitrogen and oxygen atoms in total. The van der Waals surface area contributed by atoms with Crippen molar-refractivity contribution in [2.45, 2.75) is 6.54 Å². The lowest BCUT2D eigenvalue weighted by molar-refractivity contribution is 0.0785. The third kappa shape index (κ3) is 3.54. The fraction of sp³-hybridized carbons (Fsp3) is 0.133. The third-order valence-electron chi connectivity index (χ3n) is 3.05. The van der Waals surface area contributed by atoms with Crippen LogP contribution in [0.1, 0.15) is 15.9 Å². The Morgan fingerprint density at radius 2 is 2.10 bits per heavy atom. The van der Waals surface area contributed by atoms with E-state index in [1.54, 1.807) is 31.3 Å². The molecule has 0 aliphatic heterocycles. The molecule has 0 aliphatic rings. The quantitative estimate of drug-likeness (QED) is 0.826. The first kappa shape index (κ1) is 15.8. The zero-order valence-corrected chi connectivity index (χ0v) is 13.6. The van der Waals surface area contributed by atoms with Crippen molar-refractivity contribution in [1.29, 1.82) is 0 Å². The Bertz CT molecular complexity index is 673. The van der Waals surface area contributed by atoms with Gasteiger partial charge in [0.1, 0.15) is 5.82 Å². The Morgan fingerprint density at radius 1 is 1.38 bits per heavy atom. The van der Waals surface area contributed by atoms with E-state index in [4.69, 9.17) is 17.3 Å². The van der Waals surface area contributed by atoms with Gasteiger partial charge in [0.05, 0.1) is 5.56 Å². The Kier molecular flexibility index (Phi) is 4.85. The van der Waals surface area contributed by atoms with Crippen molar-refractivity contribution in [1.82, 2.24) is 4.90 Å². The summed E-state index contributed by atoms with van der Waals surface area (Å²) in [6.07, 6.45) is 0. The first-order valence-corrected chi connectivity index (χ1v) is 7.30. The topological polar surface area (TPSA) is 46.3 Å². The molecule has 1 amide bonds. The second-order valence-electron chi connectivity index (χ2n) is 4.59. The maximum Gasteiger partial charge on any atom is 0.255 e. The molecule has 21 heavy (non-hydrogen) atoms. The van der Waals surface area contributed by atoms with Gasteiger partial charge in [-0.25, -0.2) is 4.39 Å². The number of carbonyl (C=O) groups is 1. The van der Waals surface area contributed by atoms with Crippen molar-refractivity contribution in [3.63, 3.8) is 0 Å². The van der Waals surface area contributed by atoms with Crippen LogP contribution in [0.25, 0.3) is 0 Å². The highest BCUT2D eigenvalue weighted by molar-refractivity contribution is 9.10. The highest BCUT2D eigenvalue weighted by atomic mass is 79.9. The van der Waals surface area contributed by atoms with Crippen molar-refractivity contribution in [2.75, 3.05) is 12.8 Å². The minimum atomic E-state index is -0.439. The van der Waals surface area contributed by atoms with Gasteiger partial charge in [0.2, 0.25) is 0 Å². The van der Waals surface area contributed by atoms with Crippen LogP contribution in [-0.4, -0.2) is 17.9 Å². The Hall–Kier alpha value is -1.59. The van der Waals surface area contributed by atoms with Gasteiger partial charge in [0.25, 0.3) is 5.91 Å². The molecule has 0 spiro atoms. The smallest absolute Gasteiger partial charge is 0.255 e. The third-order valence-corrected chi connectivity index (χ3v) is 3.90. The summed E-state index contributed by atoms with van der Waals surface area (Å²) in [4.78, 5) is 13.7. The van der Waals surface area contributed by atoms with Crippen LogP contribution in [0.3, 0.4) is 0 Å². The molecule has 0 saturated carbocycles. The summed E-state index contributed by atoms with van der Waals surface area (Å²) in [7, 11) is 1.58. The van der Waals surface area contributed by atoms with Crippen LogP contribution >= 0.6 is 27.5 Å². The normalized spacial score (nSPS) is 10.5. The molecule has 0 aromatic heterocycles. The van der Waals surface area contributed by atoms with E-state index in [1.165, 1.54) is 17.0 Å². The van der Waals surface area contributed by atoms with Gasteiger partial charge < -0.3 is 10.6 Å². The molecule has 2 aromatic carbocycles. The van der Waals surface area contributed by atoms with Crippen LogP contribution in [0.4, 0.5) is 10.1 Å². The van der Waals surface area contributed by atoms with E-state index in [0.717, 1.165) is 4.47 Å². The summed E-state index contributed by atoms with van der Waals surface area (Å²) in [5, 5.41) is 0.290. The summed E-state index contributed by atoms with van der Waals surface area (Å²) in [5.74, 6) is -0.731. The predicted molar refractivity (Wildman–Crippen MR) is 85.8 cm³/mol. The van der Waals surface area contributed by atoms with Gasteiger partial charge in [-0.3, -0.25) is 4.79 Å². The molecule has 0 radical (unpaired) electrons. The number of hydrogen-bond acceptors (Lipinski definition) is 2. The van der Waals surface area contributed by atoms with Crippen LogP contribution in [0.15, 0.2) is 40.9 Å². The van der Waals surface area contributed by atoms with E-state index >= 15 is 0 Å². The molecular formula is C15H13BrClFN2O. The van der Waals surface area contributed by atoms with Crippen LogP contribution in [-0.2, 0) is 6.54 Å². The summed E-state index contributed by atoms with van der Waals surface area (Å²) >= 11 is 9.25. The van der Waals surface area contributed by atoms with Crippen molar-refractivity contribution in [2.24, 2.45) is 0 Å². The maximum atomic E-state index is 13.8. The summed E-state index contributed by atoms with van der Waals surface area (Å²) in [6, 6.07) is 9.43. The molecule has 0 heterocycles. The van der Waals surface area contributed by atoms with Crippen LogP contribution in [0.2, 0.25) is 5.02 Å². The number of nitrogens with zero attached hydrogens (tertiary/aromatic N) is 1. The monoisotopic (exact) mass is 370 g/mol. The van der Waals surface area contributed by atoms with Crippen molar-refractivity contribution >= 4 is 39.1 Å². The lowest BCUT2D eigenvalue weighted by Crippen LogP contribution is -2.27. The minimum Gasteiger partial charge on any atom is -0.398 e. The van der Waals surface area contributed by atoms with Gasteiger partial charge in [-0.15, -0.1) is 0 Å². The average molecular weight is 372 g/mol. The number of halogens is 3. The van der Waals surface area contributed by atoms with Gasteiger partial charge in [0, 0.05) is 34.3 Å². The van der Waals surface area contributed by atoms with E-state index in [2.05, 4.69) is 15.9 Å². The zero-order chi connectivity index (χ0) is 15.6. The van der Waals surface area contributed by atoms with Gasteiger partial charge in [-0.2, -0.15) is 0 Å². The summed E-state index contributed by atoms with van der Waals surface area (Å²) < 4.78 is 14.5. The number of benzene rings is 2. The zero-order valence-electron chi connectivity index (χ0n) is 11.2. The number of nitrogen functional groups attached to an aromatic ring is 1. The first-order chi connectivity index (χ1) is 9.90. The number of carbonyl (C=O) groups excluding carboxylic acids is 1. The van der Waals surface area contributed by atoms with Crippen LogP contribution in [0, 0.1) is 5.82 Å². The Morgan fingerprint density at radius 3 is 2.71 bits per heavy atom. The molecule has 6 heteroatoms. The van der Waals surface area contributed by atoms with E-state index in [1.807, 2.05) is 0 Å². The predicted octanol–water partition coefficient (Wildman–Crippen LogP) is 4.10. The van der Waals surface area contributed by atoms with E-state index in [0.29, 0.717) is 16.3 Å². The molecule has 110 valence electrons. The van der Waals surface area contributed by atoms with Crippen LogP contribution < -0.4 is 5.73 Å². The minimum absolute atomic E-state index is 0.0693. The van der Waals surface area contributed by atoms with Gasteiger partial charge in [0.15, 0.2) is 0 Å². The fourth-order valence-electron chi connectivity index (χ4n) is 1.93. The molecular weight excluding hydrogens is 359 g/mol. The number of amides is 1. The van der Waals surface area contributed by atoms with E-state index in [-0.39, 0.29) is 18.0 Å². The average Bonchev–Trinajstić information content (AvgIpc) is 2.42. The standard InChI is InChI=1S/C15H13BrClFN2O/c1-20(8-11-12(17)3-2-4-13(11)18)15(21)10-6-5-9(16)7-14(10)19/h2-7H,8,19H2,1H3. The molecule has 0 aliphatic carbocycles. The number of anilines is 1. The molecule has 2 aromatic rings. The molecule has 0 fully saturated rings. The molecule has 0 saturated heterocycles. The highest BCUT2D eigenvalue weighted by Crippen LogP contribution is 2.23. The van der Waals surface area contributed by atoms with Crippen LogP contribution in [0.5, 0.6) is 0 Å². The Labute approximate surface area is 135 Å². The lowest BCUT2D eigenvalue weighted by Gasteiger charge is -2.19. The summed E-state index contributed by atoms with van der Waals surface area (Å²) in [6.45, 7) is 0.0693. The number of nitrogens with two attached hydrogens (primary N) is 1. The SMILES string of the molecule is CN(Cc1c(F)cccc1Cl)C(=O)c1ccc(Br)cc1N. The largest absolute Gasteiger partial charge is 0.398 e. The maximum absolute atomic E-state index is 13.8. The molecule has 0 bridgehead atoms. The van der Waals surface area contributed by atoms with Crippen molar-refractivity contribution in [3.05, 3.63) is 62.8 Å². The van der Waals surface area contributed by atoms with E-state index in [9.17, 15) is 9.18 Å². The second-order valence-corrected chi connectivity index (χ2v) is 5.92. The fourth-order valence-corrected chi connectivity index (χ4v) is 2.53. The molecule has 2 rings (SSSR count). The lowest BCUT2D eigenvalue weighted by atomic mass is 10.1.